The highest BCUT2D eigenvalue weighted by Crippen LogP contribution is 2.43. The quantitative estimate of drug-likeness (QED) is 0.406. The van der Waals surface area contributed by atoms with Crippen molar-refractivity contribution in [3.8, 4) is 0 Å². The van der Waals surface area contributed by atoms with Crippen molar-refractivity contribution in [2.24, 2.45) is 0 Å². The third-order valence-electron chi connectivity index (χ3n) is 6.24. The maximum absolute atomic E-state index is 5.85. The predicted molar refractivity (Wildman–Crippen MR) is 131 cm³/mol. The highest BCUT2D eigenvalue weighted by Gasteiger charge is 2.42. The molecule has 1 aliphatic rings. The van der Waals surface area contributed by atoms with Crippen LogP contribution in [0.15, 0.2) is 77.5 Å². The molecule has 1 fully saturated rings. The van der Waals surface area contributed by atoms with Crippen LogP contribution in [0.5, 0.6) is 0 Å². The molecule has 6 heteroatoms. The minimum atomic E-state index is -0.0532. The van der Waals surface area contributed by atoms with E-state index in [2.05, 4.69) is 76.9 Å². The van der Waals surface area contributed by atoms with Gasteiger partial charge in [0.15, 0.2) is 5.11 Å². The summed E-state index contributed by atoms with van der Waals surface area (Å²) < 4.78 is 7.92. The fraction of sp³-hybridized carbons (Fsp3) is 0.231. The van der Waals surface area contributed by atoms with Crippen molar-refractivity contribution in [3.05, 3.63) is 107 Å². The molecule has 0 spiro atoms. The molecule has 0 unspecified atom stereocenters. The molecular weight excluding hydrogens is 416 g/mol. The Bertz CT molecular complexity index is 1230. The number of nitrogens with zero attached hydrogens (tertiary/aromatic N) is 3. The lowest BCUT2D eigenvalue weighted by Gasteiger charge is -2.28. The number of hydrogen-bond donors (Lipinski definition) is 1. The van der Waals surface area contributed by atoms with Gasteiger partial charge < -0.3 is 19.2 Å². The SMILES string of the molecule is Cc1ccc(N2C(=S)N[C@H](c3ccccn3)[C@H]2c2cc(C)n(Cc3ccco3)c2C)cc1. The third kappa shape index (κ3) is 3.60. The number of thiocarbonyl (C=S) groups is 1. The molecule has 0 aliphatic carbocycles. The summed E-state index contributed by atoms with van der Waals surface area (Å²) in [6, 6.07) is 20.7. The van der Waals surface area contributed by atoms with Crippen LogP contribution in [0.1, 0.15) is 46.1 Å². The number of anilines is 1. The van der Waals surface area contributed by atoms with E-state index in [0.29, 0.717) is 11.7 Å². The van der Waals surface area contributed by atoms with Crippen LogP contribution >= 0.6 is 12.2 Å². The Morgan fingerprint density at radius 3 is 2.53 bits per heavy atom. The van der Waals surface area contributed by atoms with Crippen LogP contribution in [-0.2, 0) is 6.54 Å². The van der Waals surface area contributed by atoms with Crippen molar-refractivity contribution >= 4 is 23.0 Å². The summed E-state index contributed by atoms with van der Waals surface area (Å²) in [4.78, 5) is 6.89. The monoisotopic (exact) mass is 442 g/mol. The van der Waals surface area contributed by atoms with Crippen LogP contribution in [0.25, 0.3) is 0 Å². The number of furan rings is 1. The van der Waals surface area contributed by atoms with E-state index in [-0.39, 0.29) is 12.1 Å². The van der Waals surface area contributed by atoms with E-state index in [9.17, 15) is 0 Å². The standard InChI is InChI=1S/C26H26N4OS/c1-17-9-11-20(12-10-17)30-25(24(28-26(30)32)23-8-4-5-13-27-23)22-15-18(2)29(19(22)3)16-21-7-6-14-31-21/h4-15,24-25H,16H2,1-3H3,(H,28,32)/t24-,25-/m1/s1. The van der Waals surface area contributed by atoms with Gasteiger partial charge in [-0.1, -0.05) is 23.8 Å². The van der Waals surface area contributed by atoms with Crippen LogP contribution in [0.4, 0.5) is 5.69 Å². The molecule has 3 aromatic heterocycles. The van der Waals surface area contributed by atoms with E-state index in [4.69, 9.17) is 16.6 Å². The molecule has 1 aliphatic heterocycles. The van der Waals surface area contributed by atoms with Gasteiger partial charge in [0.1, 0.15) is 5.76 Å². The van der Waals surface area contributed by atoms with Crippen molar-refractivity contribution in [2.45, 2.75) is 39.4 Å². The first-order chi connectivity index (χ1) is 15.5. The second-order valence-electron chi connectivity index (χ2n) is 8.32. The van der Waals surface area contributed by atoms with Gasteiger partial charge in [-0.25, -0.2) is 0 Å². The highest BCUT2D eigenvalue weighted by atomic mass is 32.1. The van der Waals surface area contributed by atoms with Gasteiger partial charge in [-0.05, 0) is 81.0 Å². The summed E-state index contributed by atoms with van der Waals surface area (Å²) in [5, 5.41) is 4.26. The summed E-state index contributed by atoms with van der Waals surface area (Å²) >= 11 is 5.85. The Labute approximate surface area is 193 Å². The molecule has 5 rings (SSSR count). The number of pyridine rings is 1. The summed E-state index contributed by atoms with van der Waals surface area (Å²) in [6.45, 7) is 7.12. The van der Waals surface area contributed by atoms with Gasteiger partial charge in [0.2, 0.25) is 0 Å². The molecule has 0 saturated carbocycles. The van der Waals surface area contributed by atoms with Crippen molar-refractivity contribution in [1.29, 1.82) is 0 Å². The van der Waals surface area contributed by atoms with Crippen LogP contribution in [0, 0.1) is 20.8 Å². The second-order valence-corrected chi connectivity index (χ2v) is 8.71. The number of nitrogens with one attached hydrogen (secondary N) is 1. The normalized spacial score (nSPS) is 18.2. The van der Waals surface area contributed by atoms with Crippen molar-refractivity contribution in [1.82, 2.24) is 14.9 Å². The summed E-state index contributed by atoms with van der Waals surface area (Å²) in [7, 11) is 0. The third-order valence-corrected chi connectivity index (χ3v) is 6.55. The summed E-state index contributed by atoms with van der Waals surface area (Å²) in [5.74, 6) is 0.940. The number of aromatic nitrogens is 2. The molecule has 0 radical (unpaired) electrons. The molecular formula is C26H26N4OS. The average molecular weight is 443 g/mol. The van der Waals surface area contributed by atoms with Gasteiger partial charge in [0.25, 0.3) is 0 Å². The molecule has 2 atom stereocenters. The predicted octanol–water partition coefficient (Wildman–Crippen LogP) is 5.63. The van der Waals surface area contributed by atoms with Crippen LogP contribution < -0.4 is 10.2 Å². The van der Waals surface area contributed by atoms with Crippen LogP contribution in [-0.4, -0.2) is 14.7 Å². The fourth-order valence-electron chi connectivity index (χ4n) is 4.58. The van der Waals surface area contributed by atoms with Gasteiger partial charge in [0, 0.05) is 23.3 Å². The Kier molecular flexibility index (Phi) is 5.31. The maximum Gasteiger partial charge on any atom is 0.174 e. The lowest BCUT2D eigenvalue weighted by Crippen LogP contribution is -2.29. The van der Waals surface area contributed by atoms with Crippen LogP contribution in [0.2, 0.25) is 0 Å². The molecule has 1 saturated heterocycles. The topological polar surface area (TPSA) is 46.2 Å². The molecule has 5 nitrogen and oxygen atoms in total. The van der Waals surface area contributed by atoms with Crippen molar-refractivity contribution in [2.75, 3.05) is 4.90 Å². The molecule has 4 aromatic rings. The van der Waals surface area contributed by atoms with Gasteiger partial charge in [-0.15, -0.1) is 0 Å². The molecule has 0 amide bonds. The molecule has 0 bridgehead atoms. The summed E-state index contributed by atoms with van der Waals surface area (Å²) in [5.41, 5.74) is 6.90. The maximum atomic E-state index is 5.85. The van der Waals surface area contributed by atoms with Crippen molar-refractivity contribution in [3.63, 3.8) is 0 Å². The van der Waals surface area contributed by atoms with E-state index in [1.54, 1.807) is 6.26 Å². The Morgan fingerprint density at radius 2 is 1.84 bits per heavy atom. The smallest absolute Gasteiger partial charge is 0.174 e. The van der Waals surface area contributed by atoms with Crippen LogP contribution in [0.3, 0.4) is 0 Å². The fourth-order valence-corrected chi connectivity index (χ4v) is 4.93. The first-order valence-corrected chi connectivity index (χ1v) is 11.2. The van der Waals surface area contributed by atoms with E-state index >= 15 is 0 Å². The molecule has 32 heavy (non-hydrogen) atoms. The average Bonchev–Trinajstić information content (AvgIpc) is 3.50. The van der Waals surface area contributed by atoms with Gasteiger partial charge in [-0.3, -0.25) is 4.98 Å². The second kappa shape index (κ2) is 8.28. The van der Waals surface area contributed by atoms with Crippen molar-refractivity contribution < 1.29 is 4.42 Å². The lowest BCUT2D eigenvalue weighted by atomic mass is 9.96. The van der Waals surface area contributed by atoms with E-state index in [1.807, 2.05) is 30.5 Å². The first-order valence-electron chi connectivity index (χ1n) is 10.8. The number of rotatable bonds is 5. The molecule has 4 heterocycles. The minimum Gasteiger partial charge on any atom is -0.467 e. The molecule has 162 valence electrons. The zero-order valence-corrected chi connectivity index (χ0v) is 19.3. The number of hydrogen-bond acceptors (Lipinski definition) is 3. The van der Waals surface area contributed by atoms with E-state index in [0.717, 1.165) is 17.1 Å². The van der Waals surface area contributed by atoms with E-state index in [1.165, 1.54) is 22.5 Å². The van der Waals surface area contributed by atoms with E-state index < -0.39 is 0 Å². The Morgan fingerprint density at radius 1 is 1.03 bits per heavy atom. The van der Waals surface area contributed by atoms with Gasteiger partial charge in [-0.2, -0.15) is 0 Å². The zero-order chi connectivity index (χ0) is 22.2. The first kappa shape index (κ1) is 20.5. The molecule has 1 aromatic carbocycles. The Hall–Kier alpha value is -3.38. The van der Waals surface area contributed by atoms with Gasteiger partial charge in [0.05, 0.1) is 30.6 Å². The number of aryl methyl sites for hydroxylation is 2. The summed E-state index contributed by atoms with van der Waals surface area (Å²) in [6.07, 6.45) is 3.56. The Balaban J connectivity index is 1.62. The highest BCUT2D eigenvalue weighted by molar-refractivity contribution is 7.80. The zero-order valence-electron chi connectivity index (χ0n) is 18.4. The molecule has 1 N–H and O–H groups in total. The van der Waals surface area contributed by atoms with Gasteiger partial charge >= 0.3 is 0 Å². The minimum absolute atomic E-state index is 0.0170. The lowest BCUT2D eigenvalue weighted by molar-refractivity contribution is 0.488. The largest absolute Gasteiger partial charge is 0.467 e. The number of benzene rings is 1.